The van der Waals surface area contributed by atoms with E-state index < -0.39 is 5.91 Å². The number of carbonyl (C=O) groups is 1. The summed E-state index contributed by atoms with van der Waals surface area (Å²) < 4.78 is 10.7. The van der Waals surface area contributed by atoms with Crippen LogP contribution in [0.4, 0.5) is 5.95 Å². The number of fused-ring (bicyclic) bond motifs is 1. The number of nitrogens with zero attached hydrogens (tertiary/aromatic N) is 3. The summed E-state index contributed by atoms with van der Waals surface area (Å²) >= 11 is 0. The summed E-state index contributed by atoms with van der Waals surface area (Å²) in [6, 6.07) is 11.3. The first-order valence-corrected chi connectivity index (χ1v) is 8.74. The van der Waals surface area contributed by atoms with E-state index in [1.807, 2.05) is 36.4 Å². The van der Waals surface area contributed by atoms with Crippen LogP contribution in [-0.4, -0.2) is 34.2 Å². The number of nitrogens with one attached hydrogen (secondary N) is 1. The SMILES string of the molecule is NC(=O)c1cnc(NCCc2ccccn2)nc1[CH]c1ccc2c(c1)OCO2. The van der Waals surface area contributed by atoms with Crippen molar-refractivity contribution in [2.75, 3.05) is 18.7 Å². The Labute approximate surface area is 161 Å². The minimum absolute atomic E-state index is 0.198. The van der Waals surface area contributed by atoms with Gasteiger partial charge < -0.3 is 20.5 Å². The van der Waals surface area contributed by atoms with Crippen molar-refractivity contribution in [3.8, 4) is 11.5 Å². The summed E-state index contributed by atoms with van der Waals surface area (Å²) in [6.45, 7) is 0.805. The minimum atomic E-state index is -0.591. The van der Waals surface area contributed by atoms with Crippen LogP contribution in [0.1, 0.15) is 27.3 Å². The first-order chi connectivity index (χ1) is 13.7. The van der Waals surface area contributed by atoms with Crippen LogP contribution in [0.3, 0.4) is 0 Å². The van der Waals surface area contributed by atoms with Crippen molar-refractivity contribution in [3.05, 3.63) is 77.7 Å². The molecule has 141 valence electrons. The zero-order chi connectivity index (χ0) is 19.3. The van der Waals surface area contributed by atoms with Gasteiger partial charge in [0.2, 0.25) is 12.7 Å². The summed E-state index contributed by atoms with van der Waals surface area (Å²) in [7, 11) is 0. The molecule has 3 N–H and O–H groups in total. The van der Waals surface area contributed by atoms with Gasteiger partial charge in [0, 0.05) is 37.5 Å². The Morgan fingerprint density at radius 1 is 1.18 bits per heavy atom. The van der Waals surface area contributed by atoms with Crippen LogP contribution < -0.4 is 20.5 Å². The molecule has 3 heterocycles. The van der Waals surface area contributed by atoms with Crippen molar-refractivity contribution < 1.29 is 14.3 Å². The fourth-order valence-corrected chi connectivity index (χ4v) is 2.79. The van der Waals surface area contributed by atoms with E-state index in [9.17, 15) is 4.79 Å². The maximum Gasteiger partial charge on any atom is 0.252 e. The molecule has 8 nitrogen and oxygen atoms in total. The lowest BCUT2D eigenvalue weighted by Crippen LogP contribution is -2.17. The van der Waals surface area contributed by atoms with Gasteiger partial charge in [-0.2, -0.15) is 0 Å². The number of carbonyl (C=O) groups excluding carboxylic acids is 1. The summed E-state index contributed by atoms with van der Waals surface area (Å²) in [5.41, 5.74) is 7.93. The number of hydrogen-bond acceptors (Lipinski definition) is 7. The molecule has 1 aromatic carbocycles. The molecular weight excluding hydrogens is 358 g/mol. The molecule has 3 aromatic rings. The third-order valence-electron chi connectivity index (χ3n) is 4.17. The Balaban J connectivity index is 1.50. The van der Waals surface area contributed by atoms with Gasteiger partial charge in [-0.05, 0) is 29.8 Å². The van der Waals surface area contributed by atoms with Gasteiger partial charge in [0.05, 0.1) is 11.3 Å². The van der Waals surface area contributed by atoms with Gasteiger partial charge in [-0.3, -0.25) is 9.78 Å². The van der Waals surface area contributed by atoms with Crippen LogP contribution in [-0.2, 0) is 6.42 Å². The second-order valence-electron chi connectivity index (χ2n) is 6.11. The molecule has 0 saturated carbocycles. The van der Waals surface area contributed by atoms with E-state index >= 15 is 0 Å². The molecule has 2 aromatic heterocycles. The number of ether oxygens (including phenoxy) is 2. The van der Waals surface area contributed by atoms with E-state index in [0.717, 1.165) is 17.7 Å². The number of anilines is 1. The Hall–Kier alpha value is -3.68. The monoisotopic (exact) mass is 376 g/mol. The van der Waals surface area contributed by atoms with E-state index in [2.05, 4.69) is 20.3 Å². The number of rotatable bonds is 7. The van der Waals surface area contributed by atoms with Crippen molar-refractivity contribution in [1.29, 1.82) is 0 Å². The van der Waals surface area contributed by atoms with Crippen LogP contribution in [0.5, 0.6) is 11.5 Å². The number of nitrogens with two attached hydrogens (primary N) is 1. The smallest absolute Gasteiger partial charge is 0.252 e. The molecule has 0 unspecified atom stereocenters. The molecule has 1 aliphatic rings. The molecule has 1 aliphatic heterocycles. The molecule has 0 bridgehead atoms. The highest BCUT2D eigenvalue weighted by atomic mass is 16.7. The Morgan fingerprint density at radius 2 is 2.07 bits per heavy atom. The molecule has 0 spiro atoms. The minimum Gasteiger partial charge on any atom is -0.454 e. The quantitative estimate of drug-likeness (QED) is 0.648. The summed E-state index contributed by atoms with van der Waals surface area (Å²) in [5.74, 6) is 1.16. The van der Waals surface area contributed by atoms with E-state index in [1.54, 1.807) is 12.6 Å². The fourth-order valence-electron chi connectivity index (χ4n) is 2.79. The van der Waals surface area contributed by atoms with Crippen molar-refractivity contribution in [3.63, 3.8) is 0 Å². The van der Waals surface area contributed by atoms with Crippen molar-refractivity contribution >= 4 is 11.9 Å². The topological polar surface area (TPSA) is 112 Å². The number of primary amides is 1. The van der Waals surface area contributed by atoms with E-state index in [0.29, 0.717) is 29.7 Å². The Bertz CT molecular complexity index is 994. The number of hydrogen-bond donors (Lipinski definition) is 2. The molecule has 8 heteroatoms. The van der Waals surface area contributed by atoms with E-state index in [4.69, 9.17) is 15.2 Å². The highest BCUT2D eigenvalue weighted by Gasteiger charge is 2.17. The van der Waals surface area contributed by atoms with Crippen LogP contribution in [0, 0.1) is 6.42 Å². The first kappa shape index (κ1) is 17.7. The largest absolute Gasteiger partial charge is 0.454 e. The van der Waals surface area contributed by atoms with Crippen molar-refractivity contribution in [2.24, 2.45) is 5.73 Å². The lowest BCUT2D eigenvalue weighted by molar-refractivity contribution is 0.0999. The van der Waals surface area contributed by atoms with Crippen molar-refractivity contribution in [1.82, 2.24) is 15.0 Å². The predicted molar refractivity (Wildman–Crippen MR) is 102 cm³/mol. The second-order valence-corrected chi connectivity index (χ2v) is 6.11. The summed E-state index contributed by atoms with van der Waals surface area (Å²) in [4.78, 5) is 24.7. The molecule has 0 aliphatic carbocycles. The van der Waals surface area contributed by atoms with Crippen LogP contribution in [0.15, 0.2) is 48.8 Å². The molecule has 4 rings (SSSR count). The van der Waals surface area contributed by atoms with E-state index in [1.165, 1.54) is 6.20 Å². The van der Waals surface area contributed by atoms with Crippen LogP contribution in [0.25, 0.3) is 0 Å². The highest BCUT2D eigenvalue weighted by Crippen LogP contribution is 2.33. The number of benzene rings is 1. The maximum atomic E-state index is 11.8. The van der Waals surface area contributed by atoms with Gasteiger partial charge in [0.25, 0.3) is 5.91 Å². The lowest BCUT2D eigenvalue weighted by atomic mass is 10.1. The summed E-state index contributed by atoms with van der Waals surface area (Å²) in [5, 5.41) is 3.15. The first-order valence-electron chi connectivity index (χ1n) is 8.74. The number of pyridine rings is 1. The van der Waals surface area contributed by atoms with Gasteiger partial charge in [0.1, 0.15) is 0 Å². The van der Waals surface area contributed by atoms with Crippen molar-refractivity contribution in [2.45, 2.75) is 6.42 Å². The Morgan fingerprint density at radius 3 is 2.89 bits per heavy atom. The molecular formula is C20H18N5O3. The molecule has 0 saturated heterocycles. The van der Waals surface area contributed by atoms with Crippen LogP contribution >= 0.6 is 0 Å². The Kier molecular flexibility index (Phi) is 5.01. The molecule has 1 amide bonds. The summed E-state index contributed by atoms with van der Waals surface area (Å²) in [6.07, 6.45) is 5.67. The predicted octanol–water partition coefficient (Wildman–Crippen LogP) is 1.95. The van der Waals surface area contributed by atoms with E-state index in [-0.39, 0.29) is 12.4 Å². The average molecular weight is 376 g/mol. The maximum absolute atomic E-state index is 11.8. The molecule has 1 radical (unpaired) electrons. The zero-order valence-corrected chi connectivity index (χ0v) is 15.0. The second kappa shape index (κ2) is 7.91. The standard InChI is InChI=1S/C20H18N5O3/c21-19(26)15-11-24-20(23-8-6-14-3-1-2-7-22-14)25-16(15)9-13-4-5-17-18(10-13)28-12-27-17/h1-5,7,9-11H,6,8,12H2,(H2,21,26)(H,23,24,25). The third-order valence-corrected chi connectivity index (χ3v) is 4.17. The fraction of sp³-hybridized carbons (Fsp3) is 0.150. The zero-order valence-electron chi connectivity index (χ0n) is 15.0. The number of amides is 1. The molecule has 0 atom stereocenters. The van der Waals surface area contributed by atoms with Gasteiger partial charge in [-0.25, -0.2) is 9.97 Å². The van der Waals surface area contributed by atoms with Gasteiger partial charge in [-0.15, -0.1) is 0 Å². The number of aromatic nitrogens is 3. The van der Waals surface area contributed by atoms with Crippen LogP contribution in [0.2, 0.25) is 0 Å². The van der Waals surface area contributed by atoms with Gasteiger partial charge >= 0.3 is 0 Å². The highest BCUT2D eigenvalue weighted by molar-refractivity contribution is 5.94. The van der Waals surface area contributed by atoms with Gasteiger partial charge in [0.15, 0.2) is 11.5 Å². The average Bonchev–Trinajstić information content (AvgIpc) is 3.17. The molecule has 28 heavy (non-hydrogen) atoms. The van der Waals surface area contributed by atoms with Gasteiger partial charge in [-0.1, -0.05) is 12.1 Å². The lowest BCUT2D eigenvalue weighted by Gasteiger charge is -2.10. The third kappa shape index (κ3) is 4.01. The molecule has 0 fully saturated rings. The normalized spacial score (nSPS) is 12.0.